The van der Waals surface area contributed by atoms with Gasteiger partial charge in [-0.15, -0.1) is 24.0 Å². The number of hydrogen-bond donors (Lipinski definition) is 1. The fourth-order valence-corrected chi connectivity index (χ4v) is 3.98. The number of halogens is 1. The molecule has 1 aromatic rings. The van der Waals surface area contributed by atoms with E-state index < -0.39 is 0 Å². The Kier molecular flexibility index (Phi) is 11.7. The smallest absolute Gasteiger partial charge is 0.194 e. The van der Waals surface area contributed by atoms with Crippen molar-refractivity contribution in [2.24, 2.45) is 4.99 Å². The van der Waals surface area contributed by atoms with Gasteiger partial charge in [0, 0.05) is 37.9 Å². The molecule has 176 valence electrons. The van der Waals surface area contributed by atoms with Crippen molar-refractivity contribution in [1.29, 1.82) is 0 Å². The molecule has 0 aromatic heterocycles. The summed E-state index contributed by atoms with van der Waals surface area (Å²) in [6.07, 6.45) is 6.21. The van der Waals surface area contributed by atoms with Gasteiger partial charge in [-0.3, -0.25) is 0 Å². The minimum Gasteiger partial charge on any atom is -0.497 e. The molecule has 2 heterocycles. The molecule has 2 fully saturated rings. The van der Waals surface area contributed by atoms with Crippen LogP contribution in [0.25, 0.3) is 0 Å². The van der Waals surface area contributed by atoms with E-state index in [1.54, 1.807) is 14.2 Å². The summed E-state index contributed by atoms with van der Waals surface area (Å²) in [6, 6.07) is 5.86. The van der Waals surface area contributed by atoms with Crippen molar-refractivity contribution in [2.75, 3.05) is 47.1 Å². The van der Waals surface area contributed by atoms with Gasteiger partial charge in [0.25, 0.3) is 0 Å². The minimum absolute atomic E-state index is 0. The Balaban J connectivity index is 0.00000341. The lowest BCUT2D eigenvalue weighted by Gasteiger charge is -2.35. The largest absolute Gasteiger partial charge is 0.497 e. The molecule has 8 heteroatoms. The molecular weight excluding hydrogens is 509 g/mol. The third-order valence-electron chi connectivity index (χ3n) is 5.76. The van der Waals surface area contributed by atoms with Crippen molar-refractivity contribution < 1.29 is 18.9 Å². The molecule has 1 atom stereocenters. The third-order valence-corrected chi connectivity index (χ3v) is 5.76. The zero-order valence-electron chi connectivity index (χ0n) is 19.1. The van der Waals surface area contributed by atoms with E-state index in [2.05, 4.69) is 17.1 Å². The van der Waals surface area contributed by atoms with E-state index in [1.165, 1.54) is 12.8 Å². The second-order valence-electron chi connectivity index (χ2n) is 7.86. The van der Waals surface area contributed by atoms with Gasteiger partial charge in [-0.2, -0.15) is 0 Å². The van der Waals surface area contributed by atoms with Crippen molar-refractivity contribution in [1.82, 2.24) is 10.2 Å². The topological polar surface area (TPSA) is 64.6 Å². The molecular formula is C23H38IN3O4. The van der Waals surface area contributed by atoms with Crippen molar-refractivity contribution in [2.45, 2.75) is 57.8 Å². The Bertz CT molecular complexity index is 675. The van der Waals surface area contributed by atoms with Gasteiger partial charge in [-0.1, -0.05) is 0 Å². The maximum absolute atomic E-state index is 6.15. The van der Waals surface area contributed by atoms with Crippen LogP contribution in [0.5, 0.6) is 11.5 Å². The van der Waals surface area contributed by atoms with Gasteiger partial charge < -0.3 is 29.2 Å². The van der Waals surface area contributed by atoms with Crippen molar-refractivity contribution in [3.05, 3.63) is 23.8 Å². The number of aliphatic imine (C=N–C) groups is 1. The molecule has 0 saturated carbocycles. The van der Waals surface area contributed by atoms with Gasteiger partial charge in [0.1, 0.15) is 11.5 Å². The number of likely N-dealkylation sites (tertiary alicyclic amines) is 1. The molecule has 1 unspecified atom stereocenters. The van der Waals surface area contributed by atoms with Crippen LogP contribution in [-0.2, 0) is 16.0 Å². The summed E-state index contributed by atoms with van der Waals surface area (Å²) >= 11 is 0. The van der Waals surface area contributed by atoms with Crippen LogP contribution >= 0.6 is 24.0 Å². The number of methoxy groups -OCH3 is 2. The molecule has 2 aliphatic heterocycles. The van der Waals surface area contributed by atoms with Gasteiger partial charge in [0.05, 0.1) is 39.6 Å². The highest BCUT2D eigenvalue weighted by Crippen LogP contribution is 2.25. The highest BCUT2D eigenvalue weighted by Gasteiger charge is 2.24. The predicted molar refractivity (Wildman–Crippen MR) is 134 cm³/mol. The summed E-state index contributed by atoms with van der Waals surface area (Å²) in [5, 5.41) is 3.43. The first kappa shape index (κ1) is 26.0. The van der Waals surface area contributed by atoms with Crippen LogP contribution in [0.2, 0.25) is 0 Å². The van der Waals surface area contributed by atoms with Gasteiger partial charge in [-0.05, 0) is 51.2 Å². The molecule has 0 bridgehead atoms. The molecule has 1 aromatic carbocycles. The fraction of sp³-hybridized carbons (Fsp3) is 0.696. The summed E-state index contributed by atoms with van der Waals surface area (Å²) in [4.78, 5) is 7.20. The van der Waals surface area contributed by atoms with Crippen LogP contribution in [0.1, 0.15) is 44.6 Å². The van der Waals surface area contributed by atoms with Gasteiger partial charge >= 0.3 is 0 Å². The predicted octanol–water partition coefficient (Wildman–Crippen LogP) is 3.84. The van der Waals surface area contributed by atoms with E-state index in [9.17, 15) is 0 Å². The number of ether oxygens (including phenoxy) is 4. The van der Waals surface area contributed by atoms with Crippen LogP contribution in [-0.4, -0.2) is 70.1 Å². The number of guanidine groups is 1. The quantitative estimate of drug-likeness (QED) is 0.303. The standard InChI is InChI=1S/C23H37N3O4.HI/c1-4-24-23(25-16-18-8-9-20(27-2)15-22(18)28-3)26-12-10-19(11-13-26)30-17-21-7-5-6-14-29-21;/h8-9,15,19,21H,4-7,10-14,16-17H2,1-3H3,(H,24,25);1H. The Hall–Kier alpha value is -1.26. The number of piperidine rings is 1. The van der Waals surface area contributed by atoms with Crippen molar-refractivity contribution in [3.63, 3.8) is 0 Å². The Labute approximate surface area is 203 Å². The van der Waals surface area contributed by atoms with Gasteiger partial charge in [0.2, 0.25) is 0 Å². The van der Waals surface area contributed by atoms with E-state index in [-0.39, 0.29) is 30.1 Å². The zero-order chi connectivity index (χ0) is 21.2. The van der Waals surface area contributed by atoms with Crippen molar-refractivity contribution in [3.8, 4) is 11.5 Å². The molecule has 2 aliphatic rings. The molecule has 31 heavy (non-hydrogen) atoms. The number of nitrogens with zero attached hydrogens (tertiary/aromatic N) is 2. The number of nitrogens with one attached hydrogen (secondary N) is 1. The van der Waals surface area contributed by atoms with E-state index in [0.717, 1.165) is 75.1 Å². The number of hydrogen-bond acceptors (Lipinski definition) is 5. The SMILES string of the molecule is CCNC(=NCc1ccc(OC)cc1OC)N1CCC(OCC2CCCCO2)CC1.I. The Morgan fingerprint density at radius 1 is 1.16 bits per heavy atom. The molecule has 0 aliphatic carbocycles. The number of rotatable bonds is 8. The zero-order valence-corrected chi connectivity index (χ0v) is 21.4. The number of benzene rings is 1. The first-order chi connectivity index (χ1) is 14.7. The van der Waals surface area contributed by atoms with E-state index in [0.29, 0.717) is 12.6 Å². The fourth-order valence-electron chi connectivity index (χ4n) is 3.98. The highest BCUT2D eigenvalue weighted by molar-refractivity contribution is 14.0. The molecule has 0 radical (unpaired) electrons. The molecule has 1 N–H and O–H groups in total. The van der Waals surface area contributed by atoms with Crippen LogP contribution in [0.3, 0.4) is 0 Å². The van der Waals surface area contributed by atoms with Gasteiger partial charge in [0.15, 0.2) is 5.96 Å². The molecule has 3 rings (SSSR count). The second kappa shape index (κ2) is 14.0. The lowest BCUT2D eigenvalue weighted by Crippen LogP contribution is -2.47. The maximum Gasteiger partial charge on any atom is 0.194 e. The van der Waals surface area contributed by atoms with Crippen LogP contribution < -0.4 is 14.8 Å². The van der Waals surface area contributed by atoms with Crippen LogP contribution in [0.15, 0.2) is 23.2 Å². The normalized spacial score (nSPS) is 20.2. The monoisotopic (exact) mass is 547 g/mol. The summed E-state index contributed by atoms with van der Waals surface area (Å²) in [6.45, 7) is 7.01. The average molecular weight is 547 g/mol. The second-order valence-corrected chi connectivity index (χ2v) is 7.86. The highest BCUT2D eigenvalue weighted by atomic mass is 127. The first-order valence-corrected chi connectivity index (χ1v) is 11.2. The maximum atomic E-state index is 6.15. The van der Waals surface area contributed by atoms with Crippen LogP contribution in [0.4, 0.5) is 0 Å². The lowest BCUT2D eigenvalue weighted by atomic mass is 10.1. The first-order valence-electron chi connectivity index (χ1n) is 11.2. The lowest BCUT2D eigenvalue weighted by molar-refractivity contribution is -0.0721. The molecule has 2 saturated heterocycles. The molecule has 0 spiro atoms. The van der Waals surface area contributed by atoms with Crippen LogP contribution in [0, 0.1) is 0 Å². The third kappa shape index (κ3) is 7.98. The van der Waals surface area contributed by atoms with Gasteiger partial charge in [-0.25, -0.2) is 4.99 Å². The summed E-state index contributed by atoms with van der Waals surface area (Å²) in [5.74, 6) is 2.53. The summed E-state index contributed by atoms with van der Waals surface area (Å²) in [5.41, 5.74) is 1.04. The molecule has 0 amide bonds. The Morgan fingerprint density at radius 2 is 1.97 bits per heavy atom. The summed E-state index contributed by atoms with van der Waals surface area (Å²) in [7, 11) is 3.34. The Morgan fingerprint density at radius 3 is 2.61 bits per heavy atom. The van der Waals surface area contributed by atoms with E-state index in [4.69, 9.17) is 23.9 Å². The van der Waals surface area contributed by atoms with Crippen molar-refractivity contribution >= 4 is 29.9 Å². The summed E-state index contributed by atoms with van der Waals surface area (Å²) < 4.78 is 22.7. The van der Waals surface area contributed by atoms with E-state index >= 15 is 0 Å². The minimum atomic E-state index is 0. The molecule has 7 nitrogen and oxygen atoms in total. The van der Waals surface area contributed by atoms with E-state index in [1.807, 2.05) is 18.2 Å². The average Bonchev–Trinajstić information content (AvgIpc) is 2.81.